The number of benzene rings is 2. The molecule has 0 saturated heterocycles. The number of carbonyl (C=O) groups excluding carboxylic acids is 1. The second kappa shape index (κ2) is 6.14. The van der Waals surface area contributed by atoms with Crippen LogP contribution in [0.25, 0.3) is 10.9 Å². The van der Waals surface area contributed by atoms with E-state index in [1.807, 2.05) is 0 Å². The van der Waals surface area contributed by atoms with Gasteiger partial charge in [0.2, 0.25) is 0 Å². The number of nitrogens with zero attached hydrogens (tertiary/aromatic N) is 2. The Morgan fingerprint density at radius 2 is 1.88 bits per heavy atom. The third-order valence-electron chi connectivity index (χ3n) is 3.88. The number of fused-ring (bicyclic) bond motifs is 1. The van der Waals surface area contributed by atoms with E-state index in [2.05, 4.69) is 0 Å². The normalized spacial score (nSPS) is 11.6. The zero-order valence-electron chi connectivity index (χ0n) is 13.2. The second-order valence-electron chi connectivity index (χ2n) is 5.39. The van der Waals surface area contributed by atoms with Gasteiger partial charge in [0.1, 0.15) is 0 Å². The molecule has 0 unspecified atom stereocenters. The summed E-state index contributed by atoms with van der Waals surface area (Å²) >= 11 is 0. The van der Waals surface area contributed by atoms with Crippen LogP contribution in [0, 0.1) is 10.1 Å². The third kappa shape index (κ3) is 2.80. The maximum absolute atomic E-state index is 13.0. The molecule has 1 aromatic heterocycles. The van der Waals surface area contributed by atoms with E-state index < -0.39 is 14.9 Å². The molecule has 0 aliphatic heterocycles. The Kier molecular flexibility index (Phi) is 4.13. The predicted molar refractivity (Wildman–Crippen MR) is 92.2 cm³/mol. The van der Waals surface area contributed by atoms with Crippen LogP contribution in [0.1, 0.15) is 23.7 Å². The van der Waals surface area contributed by atoms with Gasteiger partial charge < -0.3 is 0 Å². The Morgan fingerprint density at radius 3 is 2.56 bits per heavy atom. The molecule has 0 saturated carbocycles. The molecule has 7 nitrogen and oxygen atoms in total. The van der Waals surface area contributed by atoms with Crippen molar-refractivity contribution in [2.45, 2.75) is 18.2 Å². The SMILES string of the molecule is CCC(=O)c1cn(S(=O)(=O)c2cccc([N+](=O)[O-])c2)c2ccccc12. The highest BCUT2D eigenvalue weighted by Crippen LogP contribution is 2.28. The number of ketones is 1. The molecule has 0 bridgehead atoms. The molecule has 0 fully saturated rings. The van der Waals surface area contributed by atoms with Crippen LogP contribution in [0.3, 0.4) is 0 Å². The number of hydrogen-bond donors (Lipinski definition) is 0. The van der Waals surface area contributed by atoms with Crippen LogP contribution in [0.2, 0.25) is 0 Å². The molecule has 0 amide bonds. The predicted octanol–water partition coefficient (Wildman–Crippen LogP) is 3.38. The maximum Gasteiger partial charge on any atom is 0.270 e. The van der Waals surface area contributed by atoms with E-state index in [4.69, 9.17) is 0 Å². The molecule has 1 heterocycles. The van der Waals surface area contributed by atoms with Gasteiger partial charge in [-0.25, -0.2) is 12.4 Å². The van der Waals surface area contributed by atoms with Gasteiger partial charge in [0.15, 0.2) is 5.78 Å². The summed E-state index contributed by atoms with van der Waals surface area (Å²) < 4.78 is 27.0. The summed E-state index contributed by atoms with van der Waals surface area (Å²) in [5, 5.41) is 11.5. The summed E-state index contributed by atoms with van der Waals surface area (Å²) in [6, 6.07) is 11.5. The Labute approximate surface area is 143 Å². The minimum absolute atomic E-state index is 0.177. The lowest BCUT2D eigenvalue weighted by Gasteiger charge is -2.07. The molecule has 8 heteroatoms. The zero-order valence-corrected chi connectivity index (χ0v) is 14.1. The van der Waals surface area contributed by atoms with Crippen LogP contribution < -0.4 is 0 Å². The smallest absolute Gasteiger partial charge is 0.270 e. The highest BCUT2D eigenvalue weighted by Gasteiger charge is 2.24. The van der Waals surface area contributed by atoms with Gasteiger partial charge in [-0.2, -0.15) is 0 Å². The van der Waals surface area contributed by atoms with E-state index in [1.54, 1.807) is 31.2 Å². The van der Waals surface area contributed by atoms with Gasteiger partial charge in [-0.1, -0.05) is 31.2 Å². The second-order valence-corrected chi connectivity index (χ2v) is 7.21. The topological polar surface area (TPSA) is 99.3 Å². The highest BCUT2D eigenvalue weighted by atomic mass is 32.2. The fourth-order valence-electron chi connectivity index (χ4n) is 2.63. The Bertz CT molecular complexity index is 1100. The number of para-hydroxylation sites is 1. The number of hydrogen-bond acceptors (Lipinski definition) is 5. The first-order chi connectivity index (χ1) is 11.9. The van der Waals surface area contributed by atoms with Gasteiger partial charge in [0.25, 0.3) is 15.7 Å². The van der Waals surface area contributed by atoms with Crippen LogP contribution in [-0.4, -0.2) is 23.1 Å². The summed E-state index contributed by atoms with van der Waals surface area (Å²) in [7, 11) is -4.08. The summed E-state index contributed by atoms with van der Waals surface area (Å²) in [5.41, 5.74) is 0.348. The molecule has 128 valence electrons. The van der Waals surface area contributed by atoms with E-state index in [-0.39, 0.29) is 22.8 Å². The van der Waals surface area contributed by atoms with Gasteiger partial charge in [-0.15, -0.1) is 0 Å². The van der Waals surface area contributed by atoms with Crippen LogP contribution >= 0.6 is 0 Å². The van der Waals surface area contributed by atoms with Crippen molar-refractivity contribution >= 4 is 32.4 Å². The Hall–Kier alpha value is -3.00. The number of non-ortho nitro benzene ring substituents is 1. The monoisotopic (exact) mass is 358 g/mol. The molecular formula is C17H14N2O5S. The largest absolute Gasteiger partial charge is 0.294 e. The first-order valence-electron chi connectivity index (χ1n) is 7.49. The molecule has 0 aliphatic carbocycles. The molecule has 0 radical (unpaired) electrons. The number of carbonyl (C=O) groups is 1. The summed E-state index contributed by atoms with van der Waals surface area (Å²) in [6.07, 6.45) is 1.52. The molecule has 0 spiro atoms. The number of rotatable bonds is 5. The zero-order chi connectivity index (χ0) is 18.2. The van der Waals surface area contributed by atoms with E-state index in [0.717, 1.165) is 10.0 Å². The lowest BCUT2D eigenvalue weighted by Crippen LogP contribution is -2.12. The van der Waals surface area contributed by atoms with Crippen molar-refractivity contribution < 1.29 is 18.1 Å². The van der Waals surface area contributed by atoms with Crippen molar-refractivity contribution in [1.29, 1.82) is 0 Å². The number of aromatic nitrogens is 1. The van der Waals surface area contributed by atoms with Crippen molar-refractivity contribution in [1.82, 2.24) is 3.97 Å². The minimum Gasteiger partial charge on any atom is -0.294 e. The molecule has 3 aromatic rings. The third-order valence-corrected chi connectivity index (χ3v) is 5.55. The van der Waals surface area contributed by atoms with Crippen molar-refractivity contribution in [2.24, 2.45) is 0 Å². The summed E-state index contributed by atoms with van der Waals surface area (Å²) in [6.45, 7) is 1.70. The lowest BCUT2D eigenvalue weighted by molar-refractivity contribution is -0.385. The summed E-state index contributed by atoms with van der Waals surface area (Å²) in [5.74, 6) is -0.177. The van der Waals surface area contributed by atoms with Crippen molar-refractivity contribution in [3.8, 4) is 0 Å². The molecule has 2 aromatic carbocycles. The van der Waals surface area contributed by atoms with Gasteiger partial charge >= 0.3 is 0 Å². The first-order valence-corrected chi connectivity index (χ1v) is 8.93. The van der Waals surface area contributed by atoms with E-state index >= 15 is 0 Å². The van der Waals surface area contributed by atoms with Crippen molar-refractivity contribution in [3.05, 3.63) is 70.4 Å². The summed E-state index contributed by atoms with van der Waals surface area (Å²) in [4.78, 5) is 22.2. The molecular weight excluding hydrogens is 344 g/mol. The average molecular weight is 358 g/mol. The molecule has 0 N–H and O–H groups in total. The quantitative estimate of drug-likeness (QED) is 0.395. The average Bonchev–Trinajstić information content (AvgIpc) is 3.01. The van der Waals surface area contributed by atoms with Gasteiger partial charge in [0.05, 0.1) is 15.3 Å². The van der Waals surface area contributed by atoms with Gasteiger partial charge in [-0.3, -0.25) is 14.9 Å². The van der Waals surface area contributed by atoms with Crippen molar-refractivity contribution in [3.63, 3.8) is 0 Å². The van der Waals surface area contributed by atoms with Crippen LogP contribution in [0.4, 0.5) is 5.69 Å². The van der Waals surface area contributed by atoms with Gasteiger partial charge in [0, 0.05) is 35.7 Å². The van der Waals surface area contributed by atoms with Crippen LogP contribution in [-0.2, 0) is 10.0 Å². The number of Topliss-reactive ketones (excluding diaryl/α,β-unsaturated/α-hetero) is 1. The lowest BCUT2D eigenvalue weighted by atomic mass is 10.1. The Morgan fingerprint density at radius 1 is 1.16 bits per heavy atom. The minimum atomic E-state index is -4.08. The van der Waals surface area contributed by atoms with Crippen LogP contribution in [0.15, 0.2) is 59.6 Å². The molecule has 25 heavy (non-hydrogen) atoms. The molecule has 3 rings (SSSR count). The van der Waals surface area contributed by atoms with Gasteiger partial charge in [-0.05, 0) is 12.1 Å². The molecule has 0 atom stereocenters. The van der Waals surface area contributed by atoms with Crippen molar-refractivity contribution in [2.75, 3.05) is 0 Å². The highest BCUT2D eigenvalue weighted by molar-refractivity contribution is 7.90. The number of nitro groups is 1. The maximum atomic E-state index is 13.0. The fraction of sp³-hybridized carbons (Fsp3) is 0.118. The van der Waals surface area contributed by atoms with E-state index in [1.165, 1.54) is 24.4 Å². The van der Waals surface area contributed by atoms with E-state index in [0.29, 0.717) is 16.5 Å². The van der Waals surface area contributed by atoms with E-state index in [9.17, 15) is 23.3 Å². The van der Waals surface area contributed by atoms with Crippen LogP contribution in [0.5, 0.6) is 0 Å². The first kappa shape index (κ1) is 16.8. The standard InChI is InChI=1S/C17H14N2O5S/c1-2-17(20)15-11-18(16-9-4-3-8-14(15)16)25(23,24)13-7-5-6-12(10-13)19(21)22/h3-11H,2H2,1H3. The fourth-order valence-corrected chi connectivity index (χ4v) is 4.04. The molecule has 0 aliphatic rings. The Balaban J connectivity index is 2.27. The number of nitro benzene ring substituents is 1.